The topological polar surface area (TPSA) is 54.5 Å². The van der Waals surface area contributed by atoms with Gasteiger partial charge in [-0.3, -0.25) is 9.78 Å². The van der Waals surface area contributed by atoms with Crippen LogP contribution >= 0.6 is 0 Å². The Hall–Kier alpha value is -2.56. The van der Waals surface area contributed by atoms with Gasteiger partial charge in [0, 0.05) is 37.9 Å². The lowest BCUT2D eigenvalue weighted by Gasteiger charge is -2.34. The first kappa shape index (κ1) is 15.0. The number of benzene rings is 1. The molecule has 4 rings (SSSR count). The van der Waals surface area contributed by atoms with Crippen molar-refractivity contribution in [2.45, 2.75) is 31.4 Å². The van der Waals surface area contributed by atoms with Gasteiger partial charge in [-0.15, -0.1) is 0 Å². The predicted molar refractivity (Wildman–Crippen MR) is 92.0 cm³/mol. The molecule has 0 saturated carbocycles. The molecule has 1 aromatic carbocycles. The molecule has 1 fully saturated rings. The van der Waals surface area contributed by atoms with Gasteiger partial charge in [0.2, 0.25) is 0 Å². The summed E-state index contributed by atoms with van der Waals surface area (Å²) in [6.07, 6.45) is 5.82. The van der Waals surface area contributed by atoms with E-state index in [1.807, 2.05) is 47.5 Å². The fourth-order valence-electron chi connectivity index (χ4n) is 3.45. The number of nitrogens with zero attached hydrogens (tertiary/aromatic N) is 2. The predicted octanol–water partition coefficient (Wildman–Crippen LogP) is 2.49. The van der Waals surface area contributed by atoms with Gasteiger partial charge < -0.3 is 15.0 Å². The number of pyridine rings is 1. The highest BCUT2D eigenvalue weighted by Crippen LogP contribution is 2.29. The van der Waals surface area contributed by atoms with Crippen molar-refractivity contribution >= 4 is 11.6 Å². The highest BCUT2D eigenvalue weighted by Gasteiger charge is 2.33. The smallest absolute Gasteiger partial charge is 0.263 e. The van der Waals surface area contributed by atoms with E-state index in [0.717, 1.165) is 42.9 Å². The Kier molecular flexibility index (Phi) is 4.07. The molecule has 1 amide bonds. The summed E-state index contributed by atoms with van der Waals surface area (Å²) in [5.41, 5.74) is 2.17. The van der Waals surface area contributed by atoms with Crippen molar-refractivity contribution in [2.75, 3.05) is 18.4 Å². The second-order valence-corrected chi connectivity index (χ2v) is 6.40. The molecule has 0 radical (unpaired) electrons. The summed E-state index contributed by atoms with van der Waals surface area (Å²) < 4.78 is 5.83. The lowest BCUT2D eigenvalue weighted by Crippen LogP contribution is -2.47. The summed E-state index contributed by atoms with van der Waals surface area (Å²) >= 11 is 0. The lowest BCUT2D eigenvalue weighted by molar-refractivity contribution is -0.138. The molecular weight excluding hydrogens is 302 g/mol. The normalized spacial score (nSPS) is 20.3. The molecule has 1 N–H and O–H groups in total. The second kappa shape index (κ2) is 6.51. The van der Waals surface area contributed by atoms with Gasteiger partial charge in [0.05, 0.1) is 5.69 Å². The Labute approximate surface area is 141 Å². The van der Waals surface area contributed by atoms with Gasteiger partial charge in [0.1, 0.15) is 5.75 Å². The third-order valence-electron chi connectivity index (χ3n) is 4.76. The summed E-state index contributed by atoms with van der Waals surface area (Å²) in [5, 5.41) is 3.49. The highest BCUT2D eigenvalue weighted by molar-refractivity contribution is 5.82. The van der Waals surface area contributed by atoms with Crippen LogP contribution in [0.2, 0.25) is 0 Å². The fourth-order valence-corrected chi connectivity index (χ4v) is 3.45. The van der Waals surface area contributed by atoms with Crippen molar-refractivity contribution in [3.63, 3.8) is 0 Å². The molecular formula is C19H21N3O2. The average Bonchev–Trinajstić information content (AvgIpc) is 3.07. The standard InChI is InChI=1S/C19H21N3O2/c23-19(18-12-14-4-1-2-6-17(14)24-18)22-10-7-15(8-11-22)21-16-5-3-9-20-13-16/h1-6,9,13,15,18,21H,7-8,10-12H2. The van der Waals surface area contributed by atoms with E-state index in [9.17, 15) is 4.79 Å². The molecule has 2 aliphatic rings. The van der Waals surface area contributed by atoms with Crippen LogP contribution < -0.4 is 10.1 Å². The number of carbonyl (C=O) groups excluding carboxylic acids is 1. The first-order chi connectivity index (χ1) is 11.8. The largest absolute Gasteiger partial charge is 0.480 e. The van der Waals surface area contributed by atoms with Crippen molar-refractivity contribution in [2.24, 2.45) is 0 Å². The van der Waals surface area contributed by atoms with E-state index < -0.39 is 0 Å². The third kappa shape index (κ3) is 3.07. The number of para-hydroxylation sites is 1. The van der Waals surface area contributed by atoms with Gasteiger partial charge in [-0.2, -0.15) is 0 Å². The number of anilines is 1. The van der Waals surface area contributed by atoms with Gasteiger partial charge in [-0.1, -0.05) is 18.2 Å². The van der Waals surface area contributed by atoms with Gasteiger partial charge in [-0.05, 0) is 36.6 Å². The van der Waals surface area contributed by atoms with Crippen molar-refractivity contribution < 1.29 is 9.53 Å². The molecule has 1 atom stereocenters. The molecule has 2 aliphatic heterocycles. The van der Waals surface area contributed by atoms with Crippen molar-refractivity contribution in [3.05, 3.63) is 54.4 Å². The van der Waals surface area contributed by atoms with E-state index in [4.69, 9.17) is 4.74 Å². The maximum atomic E-state index is 12.7. The zero-order chi connectivity index (χ0) is 16.4. The Morgan fingerprint density at radius 1 is 1.17 bits per heavy atom. The van der Waals surface area contributed by atoms with E-state index in [1.165, 1.54) is 0 Å². The number of aromatic nitrogens is 1. The minimum atomic E-state index is -0.356. The van der Waals surface area contributed by atoms with Crippen molar-refractivity contribution in [1.29, 1.82) is 0 Å². The highest BCUT2D eigenvalue weighted by atomic mass is 16.5. The van der Waals surface area contributed by atoms with Crippen LogP contribution in [0.3, 0.4) is 0 Å². The first-order valence-corrected chi connectivity index (χ1v) is 8.49. The van der Waals surface area contributed by atoms with E-state index in [2.05, 4.69) is 10.3 Å². The minimum absolute atomic E-state index is 0.117. The van der Waals surface area contributed by atoms with Gasteiger partial charge in [0.15, 0.2) is 6.10 Å². The molecule has 1 saturated heterocycles. The molecule has 5 heteroatoms. The quantitative estimate of drug-likeness (QED) is 0.943. The Morgan fingerprint density at radius 3 is 2.75 bits per heavy atom. The SMILES string of the molecule is O=C(C1Cc2ccccc2O1)N1CCC(Nc2cccnc2)CC1. The van der Waals surface area contributed by atoms with E-state index >= 15 is 0 Å². The van der Waals surface area contributed by atoms with Gasteiger partial charge in [0.25, 0.3) is 5.91 Å². The summed E-state index contributed by atoms with van der Waals surface area (Å²) in [4.78, 5) is 18.8. The van der Waals surface area contributed by atoms with E-state index in [1.54, 1.807) is 6.20 Å². The lowest BCUT2D eigenvalue weighted by atomic mass is 10.0. The molecule has 24 heavy (non-hydrogen) atoms. The number of hydrogen-bond acceptors (Lipinski definition) is 4. The number of rotatable bonds is 3. The minimum Gasteiger partial charge on any atom is -0.480 e. The second-order valence-electron chi connectivity index (χ2n) is 6.40. The molecule has 1 aromatic heterocycles. The maximum absolute atomic E-state index is 12.7. The summed E-state index contributed by atoms with van der Waals surface area (Å²) in [6, 6.07) is 12.2. The summed E-state index contributed by atoms with van der Waals surface area (Å²) in [7, 11) is 0. The molecule has 3 heterocycles. The van der Waals surface area contributed by atoms with Gasteiger partial charge in [-0.25, -0.2) is 0 Å². The molecule has 5 nitrogen and oxygen atoms in total. The Morgan fingerprint density at radius 2 is 2.00 bits per heavy atom. The van der Waals surface area contributed by atoms with Crippen LogP contribution in [-0.2, 0) is 11.2 Å². The number of likely N-dealkylation sites (tertiary alicyclic amines) is 1. The number of amides is 1. The average molecular weight is 323 g/mol. The monoisotopic (exact) mass is 323 g/mol. The maximum Gasteiger partial charge on any atom is 0.263 e. The Balaban J connectivity index is 1.31. The molecule has 2 aromatic rings. The number of nitrogens with one attached hydrogen (secondary N) is 1. The molecule has 124 valence electrons. The molecule has 1 unspecified atom stereocenters. The zero-order valence-corrected chi connectivity index (χ0v) is 13.5. The van der Waals surface area contributed by atoms with Crippen LogP contribution in [0.15, 0.2) is 48.8 Å². The third-order valence-corrected chi connectivity index (χ3v) is 4.76. The molecule has 0 aliphatic carbocycles. The summed E-state index contributed by atoms with van der Waals surface area (Å²) in [5.74, 6) is 0.968. The summed E-state index contributed by atoms with van der Waals surface area (Å²) in [6.45, 7) is 1.54. The van der Waals surface area contributed by atoms with Gasteiger partial charge >= 0.3 is 0 Å². The number of hydrogen-bond donors (Lipinski definition) is 1. The number of carbonyl (C=O) groups is 1. The van der Waals surface area contributed by atoms with E-state index in [-0.39, 0.29) is 12.0 Å². The van der Waals surface area contributed by atoms with Crippen LogP contribution in [0.5, 0.6) is 5.75 Å². The number of fused-ring (bicyclic) bond motifs is 1. The van der Waals surface area contributed by atoms with Crippen molar-refractivity contribution in [1.82, 2.24) is 9.88 Å². The number of ether oxygens (including phenoxy) is 1. The molecule has 0 bridgehead atoms. The number of piperidine rings is 1. The Bertz CT molecular complexity index is 687. The van der Waals surface area contributed by atoms with Crippen molar-refractivity contribution in [3.8, 4) is 5.75 Å². The van der Waals surface area contributed by atoms with Crippen LogP contribution in [0.4, 0.5) is 5.69 Å². The first-order valence-electron chi connectivity index (χ1n) is 8.49. The molecule has 0 spiro atoms. The van der Waals surface area contributed by atoms with Crippen LogP contribution in [0, 0.1) is 0 Å². The van der Waals surface area contributed by atoms with E-state index in [0.29, 0.717) is 12.5 Å². The zero-order valence-electron chi connectivity index (χ0n) is 13.5. The van der Waals surface area contributed by atoms with Crippen LogP contribution in [0.1, 0.15) is 18.4 Å². The van der Waals surface area contributed by atoms with Crippen LogP contribution in [-0.4, -0.2) is 41.0 Å². The fraction of sp³-hybridized carbons (Fsp3) is 0.368. The van der Waals surface area contributed by atoms with Crippen LogP contribution in [0.25, 0.3) is 0 Å².